The first-order valence-corrected chi connectivity index (χ1v) is 6.62. The van der Waals surface area contributed by atoms with E-state index in [4.69, 9.17) is 9.84 Å². The van der Waals surface area contributed by atoms with Crippen LogP contribution in [0.2, 0.25) is 0 Å². The van der Waals surface area contributed by atoms with Crippen LogP contribution >= 0.6 is 0 Å². The van der Waals surface area contributed by atoms with Gasteiger partial charge in [0.2, 0.25) is 0 Å². The number of carbonyl (C=O) groups is 2. The molecule has 5 nitrogen and oxygen atoms in total. The normalized spacial score (nSPS) is 23.2. The molecule has 1 rings (SSSR count). The largest absolute Gasteiger partial charge is 0.481 e. The number of alkyl carbamates (subject to hydrolysis) is 1. The maximum absolute atomic E-state index is 11.6. The summed E-state index contributed by atoms with van der Waals surface area (Å²) in [4.78, 5) is 22.6. The van der Waals surface area contributed by atoms with Crippen LogP contribution in [0, 0.1) is 5.92 Å². The third-order valence-corrected chi connectivity index (χ3v) is 2.91. The second kappa shape index (κ2) is 6.08. The molecule has 1 fully saturated rings. The molecule has 1 aliphatic rings. The highest BCUT2D eigenvalue weighted by Gasteiger charge is 2.27. The number of hydrogen-bond acceptors (Lipinski definition) is 3. The minimum absolute atomic E-state index is 0.232. The molecule has 2 atom stereocenters. The Hall–Kier alpha value is -1.52. The first-order valence-electron chi connectivity index (χ1n) is 6.62. The van der Waals surface area contributed by atoms with E-state index in [2.05, 4.69) is 5.32 Å². The summed E-state index contributed by atoms with van der Waals surface area (Å²) in [6.07, 6.45) is 3.71. The summed E-state index contributed by atoms with van der Waals surface area (Å²) in [5.41, 5.74) is 0.365. The summed E-state index contributed by atoms with van der Waals surface area (Å²) >= 11 is 0. The van der Waals surface area contributed by atoms with Crippen LogP contribution < -0.4 is 5.32 Å². The van der Waals surface area contributed by atoms with Gasteiger partial charge in [-0.25, -0.2) is 4.79 Å². The fourth-order valence-electron chi connectivity index (χ4n) is 2.21. The van der Waals surface area contributed by atoms with Gasteiger partial charge in [0.1, 0.15) is 5.60 Å². The maximum Gasteiger partial charge on any atom is 0.408 e. The zero-order valence-corrected chi connectivity index (χ0v) is 12.0. The molecule has 0 saturated heterocycles. The lowest BCUT2D eigenvalue weighted by atomic mass is 10.0. The molecule has 0 aliphatic heterocycles. The SMILES string of the molecule is C[C@@H](/C=C1/CCC[C@@H]1C(=O)O)NC(=O)OC(C)(C)C. The van der Waals surface area contributed by atoms with Crippen molar-refractivity contribution in [3.63, 3.8) is 0 Å². The molecule has 19 heavy (non-hydrogen) atoms. The molecule has 0 unspecified atom stereocenters. The molecular formula is C14H23NO4. The average molecular weight is 269 g/mol. The van der Waals surface area contributed by atoms with Gasteiger partial charge in [0.25, 0.3) is 0 Å². The van der Waals surface area contributed by atoms with Crippen molar-refractivity contribution in [3.05, 3.63) is 11.6 Å². The lowest BCUT2D eigenvalue weighted by Crippen LogP contribution is -2.37. The highest BCUT2D eigenvalue weighted by molar-refractivity contribution is 5.74. The number of rotatable bonds is 3. The Bertz CT molecular complexity index is 381. The lowest BCUT2D eigenvalue weighted by Gasteiger charge is -2.21. The van der Waals surface area contributed by atoms with E-state index in [-0.39, 0.29) is 6.04 Å². The van der Waals surface area contributed by atoms with E-state index in [1.807, 2.05) is 13.0 Å². The molecule has 1 saturated carbocycles. The maximum atomic E-state index is 11.6. The minimum atomic E-state index is -0.784. The van der Waals surface area contributed by atoms with Crippen molar-refractivity contribution >= 4 is 12.1 Å². The van der Waals surface area contributed by atoms with Gasteiger partial charge >= 0.3 is 12.1 Å². The smallest absolute Gasteiger partial charge is 0.408 e. The Morgan fingerprint density at radius 3 is 2.63 bits per heavy atom. The summed E-state index contributed by atoms with van der Waals surface area (Å²) in [6, 6.07) is -0.232. The fraction of sp³-hybridized carbons (Fsp3) is 0.714. The minimum Gasteiger partial charge on any atom is -0.481 e. The Morgan fingerprint density at radius 2 is 2.11 bits per heavy atom. The number of carboxylic acid groups (broad SMARTS) is 1. The van der Waals surface area contributed by atoms with Crippen LogP contribution in [0.1, 0.15) is 47.0 Å². The molecule has 108 valence electrons. The molecule has 1 aliphatic carbocycles. The van der Waals surface area contributed by atoms with Gasteiger partial charge in [-0.1, -0.05) is 11.6 Å². The Morgan fingerprint density at radius 1 is 1.47 bits per heavy atom. The zero-order valence-electron chi connectivity index (χ0n) is 12.0. The monoisotopic (exact) mass is 269 g/mol. The van der Waals surface area contributed by atoms with Gasteiger partial charge in [-0.15, -0.1) is 0 Å². The number of ether oxygens (including phenoxy) is 1. The number of amides is 1. The number of nitrogens with one attached hydrogen (secondary N) is 1. The van der Waals surface area contributed by atoms with Crippen LogP contribution in [-0.2, 0) is 9.53 Å². The third-order valence-electron chi connectivity index (χ3n) is 2.91. The van der Waals surface area contributed by atoms with E-state index in [1.165, 1.54) is 0 Å². The third kappa shape index (κ3) is 5.32. The van der Waals surface area contributed by atoms with Crippen LogP contribution in [0.4, 0.5) is 4.79 Å². The molecule has 0 aromatic rings. The lowest BCUT2D eigenvalue weighted by molar-refractivity contribution is -0.140. The predicted molar refractivity (Wildman–Crippen MR) is 71.9 cm³/mol. The van der Waals surface area contributed by atoms with Crippen molar-refractivity contribution in [2.45, 2.75) is 58.6 Å². The van der Waals surface area contributed by atoms with Crippen molar-refractivity contribution in [3.8, 4) is 0 Å². The van der Waals surface area contributed by atoms with Crippen molar-refractivity contribution in [1.82, 2.24) is 5.32 Å². The van der Waals surface area contributed by atoms with Gasteiger partial charge in [-0.2, -0.15) is 0 Å². The van der Waals surface area contributed by atoms with Crippen molar-refractivity contribution in [1.29, 1.82) is 0 Å². The van der Waals surface area contributed by atoms with Crippen LogP contribution in [0.3, 0.4) is 0 Å². The van der Waals surface area contributed by atoms with Crippen molar-refractivity contribution in [2.75, 3.05) is 0 Å². The Labute approximate surface area is 114 Å². The molecular weight excluding hydrogens is 246 g/mol. The van der Waals surface area contributed by atoms with E-state index in [0.717, 1.165) is 18.4 Å². The molecule has 0 heterocycles. The summed E-state index contributed by atoms with van der Waals surface area (Å²) in [5.74, 6) is -1.18. The second-order valence-corrected chi connectivity index (χ2v) is 5.96. The molecule has 0 bridgehead atoms. The van der Waals surface area contributed by atoms with Crippen LogP contribution in [0.15, 0.2) is 11.6 Å². The van der Waals surface area contributed by atoms with Gasteiger partial charge in [-0.05, 0) is 47.0 Å². The highest BCUT2D eigenvalue weighted by atomic mass is 16.6. The molecule has 0 spiro atoms. The Kier molecular flexibility index (Phi) is 4.97. The molecule has 0 radical (unpaired) electrons. The number of carbonyl (C=O) groups excluding carboxylic acids is 1. The average Bonchev–Trinajstić information content (AvgIpc) is 2.61. The van der Waals surface area contributed by atoms with Crippen LogP contribution in [0.5, 0.6) is 0 Å². The Balaban J connectivity index is 2.57. The summed E-state index contributed by atoms with van der Waals surface area (Å²) < 4.78 is 5.15. The molecule has 0 aromatic heterocycles. The zero-order chi connectivity index (χ0) is 14.6. The van der Waals surface area contributed by atoms with Gasteiger partial charge in [-0.3, -0.25) is 4.79 Å². The molecule has 2 N–H and O–H groups in total. The second-order valence-electron chi connectivity index (χ2n) is 5.96. The topological polar surface area (TPSA) is 75.6 Å². The van der Waals surface area contributed by atoms with E-state index >= 15 is 0 Å². The number of aliphatic carboxylic acids is 1. The van der Waals surface area contributed by atoms with Crippen molar-refractivity contribution < 1.29 is 19.4 Å². The summed E-state index contributed by atoms with van der Waals surface area (Å²) in [6.45, 7) is 7.21. The number of carboxylic acids is 1. The summed E-state index contributed by atoms with van der Waals surface area (Å²) in [7, 11) is 0. The first-order chi connectivity index (χ1) is 8.69. The quantitative estimate of drug-likeness (QED) is 0.772. The van der Waals surface area contributed by atoms with Gasteiger partial charge in [0.05, 0.1) is 5.92 Å². The first kappa shape index (κ1) is 15.5. The standard InChI is InChI=1S/C14H23NO4/c1-9(15-13(18)19-14(2,3)4)8-10-6-5-7-11(10)12(16)17/h8-9,11H,5-7H2,1-4H3,(H,15,18)(H,16,17)/b10-8-/t9-,11-/m0/s1. The van der Waals surface area contributed by atoms with Gasteiger partial charge in [0.15, 0.2) is 0 Å². The van der Waals surface area contributed by atoms with Crippen molar-refractivity contribution in [2.24, 2.45) is 5.92 Å². The summed E-state index contributed by atoms with van der Waals surface area (Å²) in [5, 5.41) is 11.8. The van der Waals surface area contributed by atoms with Crippen LogP contribution in [0.25, 0.3) is 0 Å². The van der Waals surface area contributed by atoms with Gasteiger partial charge < -0.3 is 15.2 Å². The molecule has 0 aromatic carbocycles. The van der Waals surface area contributed by atoms with E-state index in [0.29, 0.717) is 6.42 Å². The fourth-order valence-corrected chi connectivity index (χ4v) is 2.21. The van der Waals surface area contributed by atoms with Crippen LogP contribution in [-0.4, -0.2) is 28.8 Å². The van der Waals surface area contributed by atoms with E-state index in [9.17, 15) is 9.59 Å². The highest BCUT2D eigenvalue weighted by Crippen LogP contribution is 2.31. The predicted octanol–water partition coefficient (Wildman–Crippen LogP) is 2.71. The number of hydrogen-bond donors (Lipinski definition) is 2. The van der Waals surface area contributed by atoms with E-state index < -0.39 is 23.6 Å². The molecule has 5 heteroatoms. The molecule has 1 amide bonds. The van der Waals surface area contributed by atoms with Gasteiger partial charge in [0, 0.05) is 6.04 Å². The van der Waals surface area contributed by atoms with E-state index in [1.54, 1.807) is 20.8 Å².